The second-order valence-corrected chi connectivity index (χ2v) is 6.23. The molecule has 0 heterocycles. The van der Waals surface area contributed by atoms with Crippen molar-refractivity contribution in [1.82, 2.24) is 0 Å². The Bertz CT molecular complexity index is 631. The smallest absolute Gasteiger partial charge is 0.119 e. The van der Waals surface area contributed by atoms with E-state index in [9.17, 15) is 0 Å². The highest BCUT2D eigenvalue weighted by atomic mass is 16.5. The molecule has 0 saturated heterocycles. The highest BCUT2D eigenvalue weighted by Gasteiger charge is 2.04. The largest absolute Gasteiger partial charge is 0.489 e. The van der Waals surface area contributed by atoms with Crippen molar-refractivity contribution in [1.29, 1.82) is 0 Å². The van der Waals surface area contributed by atoms with Crippen LogP contribution in [0.3, 0.4) is 0 Å². The van der Waals surface area contributed by atoms with Crippen LogP contribution in [0.2, 0.25) is 0 Å². The van der Waals surface area contributed by atoms with Gasteiger partial charge in [0.05, 0.1) is 5.54 Å². The van der Waals surface area contributed by atoms with Crippen LogP contribution in [-0.4, -0.2) is 11.8 Å². The van der Waals surface area contributed by atoms with Gasteiger partial charge in [0.1, 0.15) is 12.4 Å². The predicted molar refractivity (Wildman–Crippen MR) is 94.7 cm³/mol. The number of hydrogen-bond acceptors (Lipinski definition) is 2. The van der Waals surface area contributed by atoms with E-state index in [1.165, 1.54) is 0 Å². The van der Waals surface area contributed by atoms with Crippen molar-refractivity contribution >= 4 is 12.3 Å². The highest BCUT2D eigenvalue weighted by molar-refractivity contribution is 5.80. The molecule has 0 amide bonds. The van der Waals surface area contributed by atoms with Crippen LogP contribution < -0.4 is 4.74 Å². The molecule has 2 rings (SSSR count). The van der Waals surface area contributed by atoms with Crippen LogP contribution in [0.4, 0.5) is 0 Å². The maximum Gasteiger partial charge on any atom is 0.119 e. The zero-order chi connectivity index (χ0) is 16.0. The molecule has 2 aromatic rings. The maximum absolute atomic E-state index is 5.80. The summed E-state index contributed by atoms with van der Waals surface area (Å²) in [6, 6.07) is 16.2. The normalized spacial score (nSPS) is 11.6. The topological polar surface area (TPSA) is 21.6 Å². The summed E-state index contributed by atoms with van der Waals surface area (Å²) in [7, 11) is 0. The molecule has 0 aliphatic heterocycles. The lowest BCUT2D eigenvalue weighted by Crippen LogP contribution is -2.09. The number of hydrogen-bond donors (Lipinski definition) is 0. The molecule has 22 heavy (non-hydrogen) atoms. The Morgan fingerprint density at radius 3 is 2.09 bits per heavy atom. The highest BCUT2D eigenvalue weighted by Crippen LogP contribution is 2.15. The van der Waals surface area contributed by atoms with Crippen LogP contribution in [0.1, 0.15) is 37.5 Å². The molecule has 0 saturated carbocycles. The SMILES string of the molecule is C=Cc1ccc(COc2ccc(C=NC(C)(C)C)cc2)cc1. The van der Waals surface area contributed by atoms with Gasteiger partial charge in [0, 0.05) is 6.21 Å². The van der Waals surface area contributed by atoms with Gasteiger partial charge >= 0.3 is 0 Å². The van der Waals surface area contributed by atoms with Crippen LogP contribution in [0.25, 0.3) is 6.08 Å². The molecule has 2 nitrogen and oxygen atoms in total. The molecule has 0 fully saturated rings. The van der Waals surface area contributed by atoms with Gasteiger partial charge in [-0.3, -0.25) is 4.99 Å². The van der Waals surface area contributed by atoms with E-state index < -0.39 is 0 Å². The number of ether oxygens (including phenoxy) is 1. The molecular weight excluding hydrogens is 270 g/mol. The van der Waals surface area contributed by atoms with Gasteiger partial charge in [-0.05, 0) is 61.7 Å². The van der Waals surface area contributed by atoms with Crippen molar-refractivity contribution < 1.29 is 4.74 Å². The third-order valence-electron chi connectivity index (χ3n) is 3.10. The van der Waals surface area contributed by atoms with Gasteiger partial charge in [-0.2, -0.15) is 0 Å². The molecule has 0 spiro atoms. The minimum absolute atomic E-state index is 0.0488. The Labute approximate surface area is 133 Å². The Kier molecular flexibility index (Phi) is 5.16. The first-order chi connectivity index (χ1) is 10.5. The van der Waals surface area contributed by atoms with Crippen LogP contribution >= 0.6 is 0 Å². The van der Waals surface area contributed by atoms with Crippen molar-refractivity contribution in [3.8, 4) is 5.75 Å². The van der Waals surface area contributed by atoms with Crippen molar-refractivity contribution in [2.45, 2.75) is 32.9 Å². The van der Waals surface area contributed by atoms with E-state index in [2.05, 4.69) is 44.5 Å². The van der Waals surface area contributed by atoms with Crippen molar-refractivity contribution in [3.63, 3.8) is 0 Å². The first-order valence-electron chi connectivity index (χ1n) is 7.46. The van der Waals surface area contributed by atoms with E-state index >= 15 is 0 Å². The fourth-order valence-electron chi connectivity index (χ4n) is 1.83. The summed E-state index contributed by atoms with van der Waals surface area (Å²) >= 11 is 0. The Morgan fingerprint density at radius 1 is 0.955 bits per heavy atom. The zero-order valence-corrected chi connectivity index (χ0v) is 13.5. The number of rotatable bonds is 5. The maximum atomic E-state index is 5.80. The monoisotopic (exact) mass is 293 g/mol. The van der Waals surface area contributed by atoms with E-state index in [1.807, 2.05) is 48.7 Å². The van der Waals surface area contributed by atoms with Crippen molar-refractivity contribution in [2.24, 2.45) is 4.99 Å². The van der Waals surface area contributed by atoms with Crippen molar-refractivity contribution in [3.05, 3.63) is 71.8 Å². The van der Waals surface area contributed by atoms with Gasteiger partial charge in [0.2, 0.25) is 0 Å². The van der Waals surface area contributed by atoms with Crippen LogP contribution in [-0.2, 0) is 6.61 Å². The molecule has 0 aromatic heterocycles. The van der Waals surface area contributed by atoms with E-state index in [0.29, 0.717) is 6.61 Å². The fraction of sp³-hybridized carbons (Fsp3) is 0.250. The third kappa shape index (κ3) is 5.21. The minimum Gasteiger partial charge on any atom is -0.489 e. The number of aliphatic imine (C=N–C) groups is 1. The standard InChI is InChI=1S/C20H23NO/c1-5-16-6-8-18(9-7-16)15-22-19-12-10-17(11-13-19)14-21-20(2,3)4/h5-14H,1,15H2,2-4H3. The summed E-state index contributed by atoms with van der Waals surface area (Å²) in [6.07, 6.45) is 3.74. The lowest BCUT2D eigenvalue weighted by molar-refractivity contribution is 0.306. The second-order valence-electron chi connectivity index (χ2n) is 6.23. The molecule has 2 heteroatoms. The van der Waals surface area contributed by atoms with Crippen LogP contribution in [0.15, 0.2) is 60.1 Å². The van der Waals surface area contributed by atoms with Crippen molar-refractivity contribution in [2.75, 3.05) is 0 Å². The third-order valence-corrected chi connectivity index (χ3v) is 3.10. The average molecular weight is 293 g/mol. The average Bonchev–Trinajstić information content (AvgIpc) is 2.52. The first-order valence-corrected chi connectivity index (χ1v) is 7.46. The van der Waals surface area contributed by atoms with E-state index in [4.69, 9.17) is 4.74 Å². The predicted octanol–water partition coefficient (Wildman–Crippen LogP) is 5.13. The van der Waals surface area contributed by atoms with Gasteiger partial charge in [-0.15, -0.1) is 0 Å². The summed E-state index contributed by atoms with van der Waals surface area (Å²) in [4.78, 5) is 4.49. The van der Waals surface area contributed by atoms with E-state index in [0.717, 1.165) is 22.4 Å². The summed E-state index contributed by atoms with van der Waals surface area (Å²) < 4.78 is 5.80. The molecular formula is C20H23NO. The first kappa shape index (κ1) is 16.0. The second kappa shape index (κ2) is 7.08. The summed E-state index contributed by atoms with van der Waals surface area (Å²) in [5, 5.41) is 0. The molecule has 0 aliphatic carbocycles. The Hall–Kier alpha value is -2.35. The molecule has 114 valence electrons. The van der Waals surface area contributed by atoms with Gasteiger partial charge in [0.25, 0.3) is 0 Å². The van der Waals surface area contributed by atoms with Gasteiger partial charge in [0.15, 0.2) is 0 Å². The fourth-order valence-corrected chi connectivity index (χ4v) is 1.83. The zero-order valence-electron chi connectivity index (χ0n) is 13.5. The quantitative estimate of drug-likeness (QED) is 0.701. The van der Waals surface area contributed by atoms with Gasteiger partial charge in [-0.25, -0.2) is 0 Å². The summed E-state index contributed by atoms with van der Waals surface area (Å²) in [6.45, 7) is 10.6. The molecule has 0 bridgehead atoms. The number of nitrogens with zero attached hydrogens (tertiary/aromatic N) is 1. The lowest BCUT2D eigenvalue weighted by Gasteiger charge is -2.11. The van der Waals surface area contributed by atoms with E-state index in [-0.39, 0.29) is 5.54 Å². The minimum atomic E-state index is -0.0488. The van der Waals surface area contributed by atoms with Crippen LogP contribution in [0.5, 0.6) is 5.75 Å². The lowest BCUT2D eigenvalue weighted by atomic mass is 10.1. The Morgan fingerprint density at radius 2 is 1.55 bits per heavy atom. The van der Waals surface area contributed by atoms with E-state index in [1.54, 1.807) is 0 Å². The molecule has 0 unspecified atom stereocenters. The van der Waals surface area contributed by atoms with Gasteiger partial charge in [-0.1, -0.05) is 36.9 Å². The molecule has 2 aromatic carbocycles. The van der Waals surface area contributed by atoms with Gasteiger partial charge < -0.3 is 4.74 Å². The Balaban J connectivity index is 1.93. The molecule has 0 radical (unpaired) electrons. The molecule has 0 aliphatic rings. The number of benzene rings is 2. The summed E-state index contributed by atoms with van der Waals surface area (Å²) in [5.74, 6) is 0.862. The van der Waals surface area contributed by atoms with Crippen LogP contribution in [0, 0.1) is 0 Å². The summed E-state index contributed by atoms with van der Waals surface area (Å²) in [5.41, 5.74) is 3.29. The molecule has 0 N–H and O–H groups in total. The molecule has 0 atom stereocenters.